The summed E-state index contributed by atoms with van der Waals surface area (Å²) in [4.78, 5) is 20.3. The number of benzene rings is 2. The zero-order chi connectivity index (χ0) is 26.4. The molecule has 5 aromatic rings. The van der Waals surface area contributed by atoms with Crippen molar-refractivity contribution in [2.45, 2.75) is 31.5 Å². The smallest absolute Gasteiger partial charge is 0.381 e. The van der Waals surface area contributed by atoms with Gasteiger partial charge in [-0.2, -0.15) is 18.3 Å². The summed E-state index contributed by atoms with van der Waals surface area (Å²) in [5, 5.41) is 7.34. The Morgan fingerprint density at radius 1 is 1.08 bits per heavy atom. The third-order valence-electron chi connectivity index (χ3n) is 6.75. The Bertz CT molecular complexity index is 1650. The van der Waals surface area contributed by atoms with Gasteiger partial charge in [0.25, 0.3) is 0 Å². The summed E-state index contributed by atoms with van der Waals surface area (Å²) in [6, 6.07) is 13.2. The minimum Gasteiger partial charge on any atom is -0.381 e. The Morgan fingerprint density at radius 2 is 1.92 bits per heavy atom. The number of aromatic nitrogens is 5. The monoisotopic (exact) mass is 517 g/mol. The topological polar surface area (TPSA) is 104 Å². The van der Waals surface area contributed by atoms with Gasteiger partial charge >= 0.3 is 6.18 Å². The Kier molecular flexibility index (Phi) is 5.63. The molecule has 1 aliphatic carbocycles. The van der Waals surface area contributed by atoms with Gasteiger partial charge in [0.15, 0.2) is 5.69 Å². The van der Waals surface area contributed by atoms with Crippen LogP contribution in [0.5, 0.6) is 0 Å². The van der Waals surface area contributed by atoms with Gasteiger partial charge in [-0.1, -0.05) is 6.07 Å². The highest BCUT2D eigenvalue weighted by Crippen LogP contribution is 2.39. The van der Waals surface area contributed by atoms with E-state index in [1.54, 1.807) is 59.6 Å². The largest absolute Gasteiger partial charge is 0.435 e. The summed E-state index contributed by atoms with van der Waals surface area (Å²) >= 11 is 0. The van der Waals surface area contributed by atoms with Crippen molar-refractivity contribution in [3.05, 3.63) is 84.7 Å². The summed E-state index contributed by atoms with van der Waals surface area (Å²) in [5.41, 5.74) is 7.46. The van der Waals surface area contributed by atoms with Crippen LogP contribution in [0.2, 0.25) is 0 Å². The van der Waals surface area contributed by atoms with Crippen molar-refractivity contribution >= 4 is 22.5 Å². The Hall–Kier alpha value is -4.67. The van der Waals surface area contributed by atoms with Gasteiger partial charge in [-0.3, -0.25) is 9.78 Å². The lowest BCUT2D eigenvalue weighted by Gasteiger charge is -2.28. The number of hydrogen-bond donors (Lipinski definition) is 2. The molecule has 0 radical (unpaired) electrons. The van der Waals surface area contributed by atoms with Crippen LogP contribution in [0.25, 0.3) is 33.5 Å². The number of amides is 1. The van der Waals surface area contributed by atoms with E-state index in [1.807, 2.05) is 6.07 Å². The first-order valence-corrected chi connectivity index (χ1v) is 12.0. The van der Waals surface area contributed by atoms with E-state index in [9.17, 15) is 18.0 Å². The molecule has 6 rings (SSSR count). The van der Waals surface area contributed by atoms with Gasteiger partial charge in [0, 0.05) is 35.8 Å². The van der Waals surface area contributed by atoms with Crippen LogP contribution in [0.15, 0.2) is 73.4 Å². The molecule has 8 nitrogen and oxygen atoms in total. The Balaban J connectivity index is 1.54. The number of alkyl halides is 3. The summed E-state index contributed by atoms with van der Waals surface area (Å²) in [5.74, 6) is -0.624. The number of pyridine rings is 1. The predicted molar refractivity (Wildman–Crippen MR) is 136 cm³/mol. The van der Waals surface area contributed by atoms with Crippen LogP contribution < -0.4 is 11.1 Å². The number of anilines is 1. The molecule has 0 aliphatic heterocycles. The SMILES string of the molecule is NC(=O)c1ccc(-n2nc(C(F)(F)F)c3c(-n4cnc(-c5cccnc5)c4)cccc32)c(NC2CCC2)c1. The maximum atomic E-state index is 14.4. The molecule has 3 heterocycles. The molecule has 38 heavy (non-hydrogen) atoms. The van der Waals surface area contributed by atoms with Crippen molar-refractivity contribution in [3.8, 4) is 22.6 Å². The first kappa shape index (κ1) is 23.7. The van der Waals surface area contributed by atoms with E-state index in [0.717, 1.165) is 24.8 Å². The van der Waals surface area contributed by atoms with Crippen LogP contribution in [0.3, 0.4) is 0 Å². The molecule has 0 bridgehead atoms. The molecule has 1 saturated carbocycles. The fourth-order valence-corrected chi connectivity index (χ4v) is 4.63. The van der Waals surface area contributed by atoms with Crippen molar-refractivity contribution in [1.82, 2.24) is 24.3 Å². The average Bonchev–Trinajstić information content (AvgIpc) is 3.52. The molecular formula is C27H22F3N7O. The highest BCUT2D eigenvalue weighted by Gasteiger charge is 2.38. The molecule has 1 aliphatic rings. The molecule has 2 aromatic carbocycles. The van der Waals surface area contributed by atoms with E-state index in [0.29, 0.717) is 17.1 Å². The fourth-order valence-electron chi connectivity index (χ4n) is 4.63. The number of nitrogens with one attached hydrogen (secondary N) is 1. The van der Waals surface area contributed by atoms with Crippen molar-refractivity contribution in [2.75, 3.05) is 5.32 Å². The summed E-state index contributed by atoms with van der Waals surface area (Å²) in [6.07, 6.45) is 4.60. The van der Waals surface area contributed by atoms with Crippen molar-refractivity contribution in [1.29, 1.82) is 0 Å². The lowest BCUT2D eigenvalue weighted by molar-refractivity contribution is -0.140. The molecule has 192 valence electrons. The lowest BCUT2D eigenvalue weighted by atomic mass is 9.92. The quantitative estimate of drug-likeness (QED) is 0.316. The van der Waals surface area contributed by atoms with E-state index in [4.69, 9.17) is 5.73 Å². The number of fused-ring (bicyclic) bond motifs is 1. The first-order valence-electron chi connectivity index (χ1n) is 12.0. The number of nitrogens with two attached hydrogens (primary N) is 1. The maximum Gasteiger partial charge on any atom is 0.435 e. The number of carbonyl (C=O) groups excluding carboxylic acids is 1. The number of halogens is 3. The minimum atomic E-state index is -4.72. The van der Waals surface area contributed by atoms with Crippen LogP contribution in [0.1, 0.15) is 35.3 Å². The summed E-state index contributed by atoms with van der Waals surface area (Å²) in [7, 11) is 0. The molecule has 11 heteroatoms. The number of primary amides is 1. The van der Waals surface area contributed by atoms with Crippen molar-refractivity contribution < 1.29 is 18.0 Å². The van der Waals surface area contributed by atoms with Crippen molar-refractivity contribution in [2.24, 2.45) is 5.73 Å². The van der Waals surface area contributed by atoms with E-state index in [2.05, 4.69) is 20.4 Å². The molecule has 0 atom stereocenters. The van der Waals surface area contributed by atoms with E-state index >= 15 is 0 Å². The average molecular weight is 518 g/mol. The van der Waals surface area contributed by atoms with Gasteiger partial charge < -0.3 is 15.6 Å². The van der Waals surface area contributed by atoms with Crippen LogP contribution in [0, 0.1) is 0 Å². The predicted octanol–water partition coefficient (Wildman–Crippen LogP) is 5.36. The lowest BCUT2D eigenvalue weighted by Crippen LogP contribution is -2.28. The standard InChI is InChI=1S/C27H22F3N7O/c28-27(29,30)25-24-22(36-14-20(33-15-36)17-4-3-11-32-13-17)7-2-8-23(24)37(35-25)21-10-9-16(26(31)38)12-19(21)34-18-5-1-6-18/h2-4,7-15,18,34H,1,5-6H2,(H2,31,38). The highest BCUT2D eigenvalue weighted by atomic mass is 19.4. The number of hydrogen-bond acceptors (Lipinski definition) is 5. The molecule has 0 saturated heterocycles. The normalized spacial score (nSPS) is 14.0. The fraction of sp³-hybridized carbons (Fsp3) is 0.185. The molecule has 0 spiro atoms. The molecule has 3 N–H and O–H groups in total. The van der Waals surface area contributed by atoms with Crippen molar-refractivity contribution in [3.63, 3.8) is 0 Å². The zero-order valence-corrected chi connectivity index (χ0v) is 20.0. The Morgan fingerprint density at radius 3 is 2.61 bits per heavy atom. The van der Waals surface area contributed by atoms with Gasteiger partial charge in [0.2, 0.25) is 5.91 Å². The van der Waals surface area contributed by atoms with Crippen LogP contribution in [-0.4, -0.2) is 36.3 Å². The number of carbonyl (C=O) groups is 1. The molecule has 1 fully saturated rings. The second-order valence-corrected chi connectivity index (χ2v) is 9.21. The van der Waals surface area contributed by atoms with Crippen LogP contribution in [0.4, 0.5) is 18.9 Å². The van der Waals surface area contributed by atoms with Gasteiger partial charge in [-0.25, -0.2) is 9.67 Å². The van der Waals surface area contributed by atoms with E-state index in [1.165, 1.54) is 17.1 Å². The summed E-state index contributed by atoms with van der Waals surface area (Å²) in [6.45, 7) is 0. The number of rotatable bonds is 6. The third kappa shape index (κ3) is 4.15. The Labute approximate surface area is 214 Å². The molecule has 1 amide bonds. The first-order chi connectivity index (χ1) is 18.3. The highest BCUT2D eigenvalue weighted by molar-refractivity contribution is 5.96. The second-order valence-electron chi connectivity index (χ2n) is 9.21. The molecular weight excluding hydrogens is 495 g/mol. The molecule has 0 unspecified atom stereocenters. The number of imidazole rings is 1. The van der Waals surface area contributed by atoms with E-state index < -0.39 is 17.8 Å². The van der Waals surface area contributed by atoms with E-state index in [-0.39, 0.29) is 28.2 Å². The number of nitrogens with zero attached hydrogens (tertiary/aromatic N) is 5. The third-order valence-corrected chi connectivity index (χ3v) is 6.75. The summed E-state index contributed by atoms with van der Waals surface area (Å²) < 4.78 is 45.9. The zero-order valence-electron chi connectivity index (χ0n) is 20.0. The second kappa shape index (κ2) is 9.02. The minimum absolute atomic E-state index is 0.0660. The maximum absolute atomic E-state index is 14.4. The van der Waals surface area contributed by atoms with Gasteiger partial charge in [-0.15, -0.1) is 0 Å². The van der Waals surface area contributed by atoms with Crippen LogP contribution in [-0.2, 0) is 6.18 Å². The molecule has 3 aromatic heterocycles. The van der Waals surface area contributed by atoms with Crippen LogP contribution >= 0.6 is 0 Å². The van der Waals surface area contributed by atoms with Gasteiger partial charge in [0.05, 0.1) is 40.0 Å². The van der Waals surface area contributed by atoms with Gasteiger partial charge in [0.1, 0.15) is 0 Å². The van der Waals surface area contributed by atoms with Gasteiger partial charge in [-0.05, 0) is 61.7 Å².